The largest absolute Gasteiger partial charge is 0.269 e. The zero-order chi connectivity index (χ0) is 12.6. The second-order valence-corrected chi connectivity index (χ2v) is 4.39. The molecule has 0 bridgehead atoms. The predicted octanol–water partition coefficient (Wildman–Crippen LogP) is 2.82. The molecule has 17 heavy (non-hydrogen) atoms. The Hall–Kier alpha value is -1.91. The summed E-state index contributed by atoms with van der Waals surface area (Å²) in [7, 11) is 0. The maximum atomic E-state index is 10.6. The van der Waals surface area contributed by atoms with Crippen molar-refractivity contribution in [2.45, 2.75) is 26.8 Å². The van der Waals surface area contributed by atoms with Crippen molar-refractivity contribution in [3.8, 4) is 0 Å². The number of rotatable bonds is 2. The number of hydrazone groups is 1. The van der Waals surface area contributed by atoms with Crippen LogP contribution >= 0.6 is 0 Å². The average molecular weight is 233 g/mol. The Labute approximate surface area is 99.9 Å². The number of nitro groups is 1. The van der Waals surface area contributed by atoms with Gasteiger partial charge in [0.15, 0.2) is 0 Å². The lowest BCUT2D eigenvalue weighted by atomic mass is 10.0. The molecule has 0 radical (unpaired) electrons. The summed E-state index contributed by atoms with van der Waals surface area (Å²) in [6, 6.07) is 6.79. The molecule has 1 aliphatic rings. The van der Waals surface area contributed by atoms with Crippen LogP contribution < -0.4 is 5.01 Å². The van der Waals surface area contributed by atoms with Crippen LogP contribution in [0.5, 0.6) is 0 Å². The molecule has 1 aromatic rings. The highest BCUT2D eigenvalue weighted by atomic mass is 16.6. The van der Waals surface area contributed by atoms with Gasteiger partial charge < -0.3 is 0 Å². The van der Waals surface area contributed by atoms with E-state index in [0.717, 1.165) is 11.4 Å². The van der Waals surface area contributed by atoms with Crippen molar-refractivity contribution in [2.75, 3.05) is 5.01 Å². The normalized spacial score (nSPS) is 23.7. The smallest absolute Gasteiger partial charge is 0.262 e. The zero-order valence-corrected chi connectivity index (χ0v) is 10.1. The van der Waals surface area contributed by atoms with Crippen molar-refractivity contribution >= 4 is 17.1 Å². The minimum Gasteiger partial charge on any atom is -0.262 e. The highest BCUT2D eigenvalue weighted by molar-refractivity contribution is 5.88. The number of benzene rings is 1. The third kappa shape index (κ3) is 2.00. The van der Waals surface area contributed by atoms with E-state index in [1.54, 1.807) is 12.1 Å². The molecule has 90 valence electrons. The van der Waals surface area contributed by atoms with E-state index < -0.39 is 4.92 Å². The van der Waals surface area contributed by atoms with Crippen molar-refractivity contribution in [3.63, 3.8) is 0 Å². The molecule has 2 atom stereocenters. The summed E-state index contributed by atoms with van der Waals surface area (Å²) >= 11 is 0. The summed E-state index contributed by atoms with van der Waals surface area (Å²) in [6.45, 7) is 6.24. The number of nitro benzene ring substituents is 1. The van der Waals surface area contributed by atoms with Gasteiger partial charge in [0.05, 0.1) is 16.7 Å². The molecule has 1 aliphatic heterocycles. The summed E-state index contributed by atoms with van der Waals surface area (Å²) in [5.74, 6) is 0.408. The number of hydrogen-bond donors (Lipinski definition) is 0. The van der Waals surface area contributed by atoms with Crippen LogP contribution in [0.4, 0.5) is 11.4 Å². The van der Waals surface area contributed by atoms with E-state index in [4.69, 9.17) is 0 Å². The van der Waals surface area contributed by atoms with Gasteiger partial charge in [0.25, 0.3) is 5.69 Å². The maximum Gasteiger partial charge on any atom is 0.269 e. The van der Waals surface area contributed by atoms with Crippen LogP contribution in [0.15, 0.2) is 29.4 Å². The summed E-state index contributed by atoms with van der Waals surface area (Å²) in [5.41, 5.74) is 2.09. The van der Waals surface area contributed by atoms with Crippen LogP contribution in [-0.2, 0) is 0 Å². The zero-order valence-electron chi connectivity index (χ0n) is 10.1. The van der Waals surface area contributed by atoms with Crippen LogP contribution in [0.25, 0.3) is 0 Å². The second-order valence-electron chi connectivity index (χ2n) is 4.39. The van der Waals surface area contributed by atoms with Gasteiger partial charge in [0, 0.05) is 23.8 Å². The Balaban J connectivity index is 2.27. The molecule has 1 aromatic carbocycles. The van der Waals surface area contributed by atoms with Crippen molar-refractivity contribution in [2.24, 2.45) is 11.0 Å². The van der Waals surface area contributed by atoms with E-state index in [-0.39, 0.29) is 11.7 Å². The van der Waals surface area contributed by atoms with Crippen molar-refractivity contribution in [1.29, 1.82) is 0 Å². The molecule has 2 unspecified atom stereocenters. The molecule has 0 N–H and O–H groups in total. The molecule has 0 saturated carbocycles. The summed E-state index contributed by atoms with van der Waals surface area (Å²) in [5, 5.41) is 17.0. The predicted molar refractivity (Wildman–Crippen MR) is 67.3 cm³/mol. The van der Waals surface area contributed by atoms with Crippen LogP contribution in [-0.4, -0.2) is 16.7 Å². The highest BCUT2D eigenvalue weighted by Gasteiger charge is 2.29. The fourth-order valence-electron chi connectivity index (χ4n) is 1.93. The van der Waals surface area contributed by atoms with E-state index in [1.165, 1.54) is 12.1 Å². The number of non-ortho nitro benzene ring substituents is 1. The Kier molecular flexibility index (Phi) is 2.83. The van der Waals surface area contributed by atoms with E-state index in [0.29, 0.717) is 5.92 Å². The lowest BCUT2D eigenvalue weighted by Crippen LogP contribution is -2.28. The average Bonchev–Trinajstić information content (AvgIpc) is 2.57. The Morgan fingerprint density at radius 2 is 1.88 bits per heavy atom. The molecular formula is C12H15N3O2. The SMILES string of the molecule is CC1=NN(c2ccc([N+](=O)[O-])cc2)C(C)C1C. The van der Waals surface area contributed by atoms with E-state index >= 15 is 0 Å². The van der Waals surface area contributed by atoms with Crippen molar-refractivity contribution in [3.05, 3.63) is 34.4 Å². The molecule has 1 heterocycles. The minimum absolute atomic E-state index is 0.106. The molecule has 5 heteroatoms. The lowest BCUT2D eigenvalue weighted by Gasteiger charge is -2.22. The first kappa shape index (κ1) is 11.6. The molecule has 0 aromatic heterocycles. The molecule has 0 aliphatic carbocycles. The topological polar surface area (TPSA) is 58.7 Å². The number of nitrogens with zero attached hydrogens (tertiary/aromatic N) is 3. The Morgan fingerprint density at radius 3 is 2.29 bits per heavy atom. The first-order chi connectivity index (χ1) is 8.00. The number of anilines is 1. The van der Waals surface area contributed by atoms with Crippen LogP contribution in [0.3, 0.4) is 0 Å². The molecule has 0 saturated heterocycles. The van der Waals surface area contributed by atoms with Gasteiger partial charge in [-0.05, 0) is 26.0 Å². The van der Waals surface area contributed by atoms with Gasteiger partial charge in [-0.3, -0.25) is 15.1 Å². The molecule has 0 spiro atoms. The summed E-state index contributed by atoms with van der Waals surface area (Å²) < 4.78 is 0. The first-order valence-electron chi connectivity index (χ1n) is 5.59. The van der Waals surface area contributed by atoms with Crippen molar-refractivity contribution < 1.29 is 4.92 Å². The highest BCUT2D eigenvalue weighted by Crippen LogP contribution is 2.29. The van der Waals surface area contributed by atoms with E-state index in [9.17, 15) is 10.1 Å². The quantitative estimate of drug-likeness (QED) is 0.583. The van der Waals surface area contributed by atoms with E-state index in [2.05, 4.69) is 18.9 Å². The van der Waals surface area contributed by atoms with Gasteiger partial charge in [-0.25, -0.2) is 0 Å². The van der Waals surface area contributed by atoms with Gasteiger partial charge in [0.2, 0.25) is 0 Å². The standard InChI is InChI=1S/C12H15N3O2/c1-8-9(2)13-14(10(8)3)11-4-6-12(7-5-11)15(16)17/h4-8,10H,1-3H3. The molecule has 0 fully saturated rings. The Bertz CT molecular complexity index is 467. The molecule has 0 amide bonds. The molecule has 2 rings (SSSR count). The van der Waals surface area contributed by atoms with E-state index in [1.807, 2.05) is 11.9 Å². The summed E-state index contributed by atoms with van der Waals surface area (Å²) in [6.07, 6.45) is 0. The van der Waals surface area contributed by atoms with Gasteiger partial charge >= 0.3 is 0 Å². The molecular weight excluding hydrogens is 218 g/mol. The fourth-order valence-corrected chi connectivity index (χ4v) is 1.93. The van der Waals surface area contributed by atoms with Gasteiger partial charge in [-0.2, -0.15) is 5.10 Å². The minimum atomic E-state index is -0.395. The lowest BCUT2D eigenvalue weighted by molar-refractivity contribution is -0.384. The third-order valence-corrected chi connectivity index (χ3v) is 3.36. The van der Waals surface area contributed by atoms with Crippen LogP contribution in [0.2, 0.25) is 0 Å². The van der Waals surface area contributed by atoms with Gasteiger partial charge in [0.1, 0.15) is 0 Å². The monoisotopic (exact) mass is 233 g/mol. The van der Waals surface area contributed by atoms with Crippen LogP contribution in [0, 0.1) is 16.0 Å². The summed E-state index contributed by atoms with van der Waals surface area (Å²) in [4.78, 5) is 10.2. The third-order valence-electron chi connectivity index (χ3n) is 3.36. The van der Waals surface area contributed by atoms with Crippen molar-refractivity contribution in [1.82, 2.24) is 0 Å². The van der Waals surface area contributed by atoms with Gasteiger partial charge in [-0.1, -0.05) is 6.92 Å². The Morgan fingerprint density at radius 1 is 1.29 bits per heavy atom. The first-order valence-corrected chi connectivity index (χ1v) is 5.59. The maximum absolute atomic E-state index is 10.6. The van der Waals surface area contributed by atoms with Crippen LogP contribution in [0.1, 0.15) is 20.8 Å². The second kappa shape index (κ2) is 4.16. The number of hydrogen-bond acceptors (Lipinski definition) is 4. The fraction of sp³-hybridized carbons (Fsp3) is 0.417. The molecule has 5 nitrogen and oxygen atoms in total. The van der Waals surface area contributed by atoms with Gasteiger partial charge in [-0.15, -0.1) is 0 Å².